The van der Waals surface area contributed by atoms with Crippen LogP contribution < -0.4 is 9.80 Å². The summed E-state index contributed by atoms with van der Waals surface area (Å²) in [6.45, 7) is 6.37. The number of anilines is 2. The third kappa shape index (κ3) is 2.55. The molecule has 2 aromatic rings. The second-order valence-electron chi connectivity index (χ2n) is 4.89. The summed E-state index contributed by atoms with van der Waals surface area (Å²) in [7, 11) is 0. The van der Waals surface area contributed by atoms with Crippen molar-refractivity contribution in [3.05, 3.63) is 54.4 Å². The Bertz CT molecular complexity index is 531. The lowest BCUT2D eigenvalue weighted by molar-refractivity contribution is 0.652. The molecule has 1 aromatic heterocycles. The van der Waals surface area contributed by atoms with Gasteiger partial charge in [0.2, 0.25) is 0 Å². The van der Waals surface area contributed by atoms with Crippen LogP contribution in [0, 0.1) is 13.0 Å². The van der Waals surface area contributed by atoms with Gasteiger partial charge in [-0.2, -0.15) is 0 Å². The number of pyridine rings is 1. The fourth-order valence-electron chi connectivity index (χ4n) is 2.62. The Morgan fingerprint density at radius 3 is 2.37 bits per heavy atom. The van der Waals surface area contributed by atoms with E-state index in [0.717, 1.165) is 26.2 Å². The predicted molar refractivity (Wildman–Crippen MR) is 78.7 cm³/mol. The Labute approximate surface area is 114 Å². The van der Waals surface area contributed by atoms with Crippen molar-refractivity contribution in [3.8, 4) is 0 Å². The van der Waals surface area contributed by atoms with Gasteiger partial charge in [0.05, 0.1) is 0 Å². The van der Waals surface area contributed by atoms with Crippen molar-refractivity contribution in [2.45, 2.75) is 6.92 Å². The molecular formula is C16H18N3. The van der Waals surface area contributed by atoms with Gasteiger partial charge in [-0.25, -0.2) is 0 Å². The zero-order valence-corrected chi connectivity index (χ0v) is 11.2. The third-order valence-electron chi connectivity index (χ3n) is 3.68. The van der Waals surface area contributed by atoms with Gasteiger partial charge in [0.25, 0.3) is 0 Å². The van der Waals surface area contributed by atoms with Crippen molar-refractivity contribution in [2.24, 2.45) is 0 Å². The molecule has 0 atom stereocenters. The SMILES string of the molecule is Cc1cnccc1N1CCN(c2cc[c]cc2)CC1. The quantitative estimate of drug-likeness (QED) is 0.818. The highest BCUT2D eigenvalue weighted by atomic mass is 15.3. The highest BCUT2D eigenvalue weighted by Gasteiger charge is 2.18. The first-order chi connectivity index (χ1) is 9.34. The Balaban J connectivity index is 1.69. The molecule has 0 aliphatic carbocycles. The van der Waals surface area contributed by atoms with Gasteiger partial charge in [0.1, 0.15) is 0 Å². The molecular weight excluding hydrogens is 234 g/mol. The lowest BCUT2D eigenvalue weighted by Gasteiger charge is -2.37. The van der Waals surface area contributed by atoms with Crippen molar-refractivity contribution in [1.82, 2.24) is 4.98 Å². The van der Waals surface area contributed by atoms with Gasteiger partial charge >= 0.3 is 0 Å². The Morgan fingerprint density at radius 1 is 1.00 bits per heavy atom. The molecule has 1 aliphatic heterocycles. The lowest BCUT2D eigenvalue weighted by Crippen LogP contribution is -2.46. The number of aryl methyl sites for hydroxylation is 1. The van der Waals surface area contributed by atoms with Crippen molar-refractivity contribution in [3.63, 3.8) is 0 Å². The van der Waals surface area contributed by atoms with E-state index in [0.29, 0.717) is 0 Å². The molecule has 3 rings (SSSR count). The topological polar surface area (TPSA) is 19.4 Å². The van der Waals surface area contributed by atoms with E-state index >= 15 is 0 Å². The summed E-state index contributed by atoms with van der Waals surface area (Å²) in [4.78, 5) is 9.04. The molecule has 3 nitrogen and oxygen atoms in total. The van der Waals surface area contributed by atoms with E-state index < -0.39 is 0 Å². The van der Waals surface area contributed by atoms with Gasteiger partial charge in [-0.05, 0) is 36.8 Å². The molecule has 2 heterocycles. The van der Waals surface area contributed by atoms with Crippen LogP contribution in [0.5, 0.6) is 0 Å². The van der Waals surface area contributed by atoms with Gasteiger partial charge in [0.15, 0.2) is 0 Å². The molecule has 1 saturated heterocycles. The first-order valence-electron chi connectivity index (χ1n) is 6.71. The Kier molecular flexibility index (Phi) is 3.36. The zero-order chi connectivity index (χ0) is 13.1. The summed E-state index contributed by atoms with van der Waals surface area (Å²) in [6, 6.07) is 13.4. The minimum absolute atomic E-state index is 1.06. The fraction of sp³-hybridized carbons (Fsp3) is 0.312. The molecule has 0 N–H and O–H groups in total. The molecule has 1 aromatic carbocycles. The second kappa shape index (κ2) is 5.31. The van der Waals surface area contributed by atoms with E-state index in [1.54, 1.807) is 0 Å². The minimum Gasteiger partial charge on any atom is -0.368 e. The van der Waals surface area contributed by atoms with Crippen molar-refractivity contribution in [1.29, 1.82) is 0 Å². The summed E-state index contributed by atoms with van der Waals surface area (Å²) >= 11 is 0. The number of nitrogens with zero attached hydrogens (tertiary/aromatic N) is 3. The zero-order valence-electron chi connectivity index (χ0n) is 11.2. The van der Waals surface area contributed by atoms with E-state index in [4.69, 9.17) is 0 Å². The molecule has 1 aliphatic rings. The van der Waals surface area contributed by atoms with E-state index in [1.807, 2.05) is 24.5 Å². The van der Waals surface area contributed by atoms with Crippen molar-refractivity contribution in [2.75, 3.05) is 36.0 Å². The van der Waals surface area contributed by atoms with Gasteiger partial charge in [0, 0.05) is 49.9 Å². The number of benzene rings is 1. The van der Waals surface area contributed by atoms with Crippen LogP contribution in [0.25, 0.3) is 0 Å². The molecule has 19 heavy (non-hydrogen) atoms. The standard InChI is InChI=1S/C16H18N3/c1-14-13-17-8-7-16(14)19-11-9-18(10-12-19)15-5-3-2-4-6-15/h3-8,13H,9-12H2,1H3. The molecule has 0 amide bonds. The first kappa shape index (κ1) is 12.0. The number of rotatable bonds is 2. The maximum Gasteiger partial charge on any atom is 0.0428 e. The van der Waals surface area contributed by atoms with Crippen LogP contribution in [0.4, 0.5) is 11.4 Å². The number of aromatic nitrogens is 1. The Morgan fingerprint density at radius 2 is 1.68 bits per heavy atom. The molecule has 3 heteroatoms. The highest BCUT2D eigenvalue weighted by molar-refractivity contribution is 5.54. The van der Waals surface area contributed by atoms with E-state index in [-0.39, 0.29) is 0 Å². The fourth-order valence-corrected chi connectivity index (χ4v) is 2.62. The monoisotopic (exact) mass is 252 g/mol. The molecule has 0 unspecified atom stereocenters. The van der Waals surface area contributed by atoms with Gasteiger partial charge in [-0.1, -0.05) is 12.1 Å². The van der Waals surface area contributed by atoms with Gasteiger partial charge in [-0.15, -0.1) is 0 Å². The maximum absolute atomic E-state index is 4.16. The van der Waals surface area contributed by atoms with Gasteiger partial charge in [-0.3, -0.25) is 4.98 Å². The van der Waals surface area contributed by atoms with E-state index in [1.165, 1.54) is 16.9 Å². The average molecular weight is 252 g/mol. The summed E-state index contributed by atoms with van der Waals surface area (Å²) in [5.74, 6) is 0. The molecule has 0 bridgehead atoms. The number of piperazine rings is 1. The summed E-state index contributed by atoms with van der Waals surface area (Å²) in [5, 5.41) is 0. The average Bonchev–Trinajstić information content (AvgIpc) is 2.49. The van der Waals surface area contributed by atoms with Crippen LogP contribution in [0.1, 0.15) is 5.56 Å². The van der Waals surface area contributed by atoms with Gasteiger partial charge < -0.3 is 9.80 Å². The van der Waals surface area contributed by atoms with Crippen molar-refractivity contribution < 1.29 is 0 Å². The largest absolute Gasteiger partial charge is 0.368 e. The van der Waals surface area contributed by atoms with Crippen LogP contribution in [0.2, 0.25) is 0 Å². The molecule has 97 valence electrons. The van der Waals surface area contributed by atoms with Crippen LogP contribution >= 0.6 is 0 Å². The smallest absolute Gasteiger partial charge is 0.0428 e. The normalized spacial score (nSPS) is 15.6. The van der Waals surface area contributed by atoms with Crippen LogP contribution in [0.3, 0.4) is 0 Å². The predicted octanol–water partition coefficient (Wildman–Crippen LogP) is 2.52. The molecule has 0 spiro atoms. The summed E-state index contributed by atoms with van der Waals surface area (Å²) in [5.41, 5.74) is 3.87. The number of hydrogen-bond acceptors (Lipinski definition) is 3. The van der Waals surface area contributed by atoms with E-state index in [2.05, 4.69) is 46.0 Å². The first-order valence-corrected chi connectivity index (χ1v) is 6.71. The minimum atomic E-state index is 1.06. The van der Waals surface area contributed by atoms with Crippen LogP contribution in [-0.2, 0) is 0 Å². The van der Waals surface area contributed by atoms with Crippen molar-refractivity contribution >= 4 is 11.4 Å². The van der Waals surface area contributed by atoms with Crippen LogP contribution in [0.15, 0.2) is 42.7 Å². The summed E-state index contributed by atoms with van der Waals surface area (Å²) in [6.07, 6.45) is 3.82. The number of hydrogen-bond donors (Lipinski definition) is 0. The van der Waals surface area contributed by atoms with E-state index in [9.17, 15) is 0 Å². The molecule has 0 saturated carbocycles. The summed E-state index contributed by atoms with van der Waals surface area (Å²) < 4.78 is 0. The Hall–Kier alpha value is -2.03. The molecule has 1 radical (unpaired) electrons. The van der Waals surface area contributed by atoms with Crippen LogP contribution in [-0.4, -0.2) is 31.2 Å². The molecule has 1 fully saturated rings. The highest BCUT2D eigenvalue weighted by Crippen LogP contribution is 2.22. The maximum atomic E-state index is 4.16. The lowest BCUT2D eigenvalue weighted by atomic mass is 10.2. The second-order valence-corrected chi connectivity index (χ2v) is 4.89. The third-order valence-corrected chi connectivity index (χ3v) is 3.68.